The molecule has 0 bridgehead atoms. The Morgan fingerprint density at radius 3 is 2.30 bits per heavy atom. The van der Waals surface area contributed by atoms with E-state index in [1.54, 1.807) is 17.0 Å². The summed E-state index contributed by atoms with van der Waals surface area (Å²) < 4.78 is 5.00. The fraction of sp³-hybridized carbons (Fsp3) is 0.467. The monoisotopic (exact) mass is 343 g/mol. The molecule has 1 aliphatic heterocycles. The van der Waals surface area contributed by atoms with E-state index >= 15 is 0 Å². The number of primary amides is 1. The van der Waals surface area contributed by atoms with Gasteiger partial charge < -0.3 is 26.2 Å². The van der Waals surface area contributed by atoms with E-state index in [1.165, 1.54) is 5.56 Å². The molecule has 128 valence electrons. The molecule has 0 saturated carbocycles. The van der Waals surface area contributed by atoms with E-state index in [-0.39, 0.29) is 24.5 Å². The number of fused-ring (bicyclic) bond motifs is 1. The van der Waals surface area contributed by atoms with Gasteiger partial charge in [-0.25, -0.2) is 9.59 Å². The molecular formula is C15H22ClN3O4. The van der Waals surface area contributed by atoms with Gasteiger partial charge in [0, 0.05) is 19.1 Å². The Morgan fingerprint density at radius 1 is 1.17 bits per heavy atom. The summed E-state index contributed by atoms with van der Waals surface area (Å²) in [5, 5.41) is 8.75. The van der Waals surface area contributed by atoms with Crippen LogP contribution < -0.4 is 11.5 Å². The zero-order valence-electron chi connectivity index (χ0n) is 12.7. The van der Waals surface area contributed by atoms with Crippen molar-refractivity contribution in [3.05, 3.63) is 34.9 Å². The van der Waals surface area contributed by atoms with Crippen molar-refractivity contribution in [3.63, 3.8) is 0 Å². The number of nitrogens with two attached hydrogens (primary N) is 2. The predicted molar refractivity (Wildman–Crippen MR) is 88.0 cm³/mol. The topological polar surface area (TPSA) is 119 Å². The van der Waals surface area contributed by atoms with Crippen molar-refractivity contribution in [1.29, 1.82) is 0 Å². The molecule has 2 aliphatic rings. The molecule has 1 aliphatic carbocycles. The number of urea groups is 1. The number of halogens is 1. The lowest BCUT2D eigenvalue weighted by Crippen LogP contribution is -2.43. The van der Waals surface area contributed by atoms with Gasteiger partial charge in [-0.15, -0.1) is 12.4 Å². The number of benzene rings is 1. The molecule has 0 aromatic heterocycles. The Labute approximate surface area is 141 Å². The molecule has 1 fully saturated rings. The van der Waals surface area contributed by atoms with Crippen LogP contribution in [0.4, 0.5) is 4.79 Å². The molecule has 2 amide bonds. The normalized spacial score (nSPS) is 19.0. The van der Waals surface area contributed by atoms with E-state index in [0.29, 0.717) is 31.9 Å². The Balaban J connectivity index is 0.000000235. The quantitative estimate of drug-likeness (QED) is 0.691. The van der Waals surface area contributed by atoms with Crippen LogP contribution in [-0.2, 0) is 17.6 Å². The molecule has 1 aromatic rings. The number of amides is 2. The van der Waals surface area contributed by atoms with E-state index < -0.39 is 5.97 Å². The molecule has 5 N–H and O–H groups in total. The maximum Gasteiger partial charge on any atom is 0.335 e. The van der Waals surface area contributed by atoms with Gasteiger partial charge in [-0.1, -0.05) is 6.07 Å². The third-order valence-corrected chi connectivity index (χ3v) is 3.74. The number of carboxylic acid groups (broad SMARTS) is 1. The minimum absolute atomic E-state index is 0. The SMILES string of the molecule is Cl.NC(=O)N1CCOCC1.NC1Cc2ccc(C(=O)O)cc2C1. The first kappa shape index (κ1) is 19.2. The lowest BCUT2D eigenvalue weighted by molar-refractivity contribution is 0.0554. The zero-order chi connectivity index (χ0) is 16.1. The summed E-state index contributed by atoms with van der Waals surface area (Å²) in [6.07, 6.45) is 1.67. The molecule has 8 heteroatoms. The molecule has 1 atom stereocenters. The minimum Gasteiger partial charge on any atom is -0.478 e. The molecule has 1 unspecified atom stereocenters. The van der Waals surface area contributed by atoms with E-state index in [0.717, 1.165) is 18.4 Å². The summed E-state index contributed by atoms with van der Waals surface area (Å²) in [5.41, 5.74) is 13.4. The number of hydrogen-bond donors (Lipinski definition) is 3. The number of rotatable bonds is 1. The van der Waals surface area contributed by atoms with Crippen LogP contribution in [0.3, 0.4) is 0 Å². The molecule has 1 saturated heterocycles. The predicted octanol–water partition coefficient (Wildman–Crippen LogP) is 0.630. The second kappa shape index (κ2) is 8.71. The van der Waals surface area contributed by atoms with E-state index in [1.807, 2.05) is 6.07 Å². The average molecular weight is 344 g/mol. The average Bonchev–Trinajstić information content (AvgIpc) is 2.87. The van der Waals surface area contributed by atoms with Gasteiger partial charge >= 0.3 is 12.0 Å². The number of carbonyl (C=O) groups excluding carboxylic acids is 1. The van der Waals surface area contributed by atoms with Crippen molar-refractivity contribution in [3.8, 4) is 0 Å². The highest BCUT2D eigenvalue weighted by Crippen LogP contribution is 2.22. The zero-order valence-corrected chi connectivity index (χ0v) is 13.6. The standard InChI is InChI=1S/C10H11NO2.C5H10N2O2.ClH/c11-9-4-6-1-2-7(10(12)13)3-8(6)5-9;6-5(8)7-1-3-9-4-2-7;/h1-3,9H,4-5,11H2,(H,12,13);1-4H2,(H2,6,8);1H. The first-order valence-electron chi connectivity index (χ1n) is 7.20. The third-order valence-electron chi connectivity index (χ3n) is 3.74. The summed E-state index contributed by atoms with van der Waals surface area (Å²) >= 11 is 0. The largest absolute Gasteiger partial charge is 0.478 e. The van der Waals surface area contributed by atoms with Gasteiger partial charge in [0.05, 0.1) is 18.8 Å². The van der Waals surface area contributed by atoms with Crippen LogP contribution in [0.5, 0.6) is 0 Å². The van der Waals surface area contributed by atoms with Crippen molar-refractivity contribution in [2.45, 2.75) is 18.9 Å². The smallest absolute Gasteiger partial charge is 0.335 e. The highest BCUT2D eigenvalue weighted by molar-refractivity contribution is 5.88. The number of carbonyl (C=O) groups is 2. The Morgan fingerprint density at radius 2 is 1.78 bits per heavy atom. The summed E-state index contributed by atoms with van der Waals surface area (Å²) in [4.78, 5) is 22.7. The number of ether oxygens (including phenoxy) is 1. The van der Waals surface area contributed by atoms with Crippen molar-refractivity contribution >= 4 is 24.4 Å². The lowest BCUT2D eigenvalue weighted by Gasteiger charge is -2.24. The number of morpholine rings is 1. The van der Waals surface area contributed by atoms with Crippen molar-refractivity contribution in [1.82, 2.24) is 4.90 Å². The van der Waals surface area contributed by atoms with Crippen molar-refractivity contribution < 1.29 is 19.4 Å². The Bertz CT molecular complexity index is 562. The molecule has 1 heterocycles. The molecule has 23 heavy (non-hydrogen) atoms. The van der Waals surface area contributed by atoms with Crippen LogP contribution in [0.2, 0.25) is 0 Å². The first-order chi connectivity index (χ1) is 10.5. The molecule has 7 nitrogen and oxygen atoms in total. The molecule has 1 aromatic carbocycles. The Kier molecular flexibility index (Phi) is 7.28. The van der Waals surface area contributed by atoms with Crippen LogP contribution in [0, 0.1) is 0 Å². The lowest BCUT2D eigenvalue weighted by atomic mass is 10.1. The van der Waals surface area contributed by atoms with Gasteiger partial charge in [-0.05, 0) is 36.1 Å². The second-order valence-electron chi connectivity index (χ2n) is 5.39. The van der Waals surface area contributed by atoms with Gasteiger partial charge in [0.2, 0.25) is 0 Å². The highest BCUT2D eigenvalue weighted by Gasteiger charge is 2.19. The van der Waals surface area contributed by atoms with E-state index in [2.05, 4.69) is 0 Å². The fourth-order valence-electron chi connectivity index (χ4n) is 2.57. The van der Waals surface area contributed by atoms with Crippen LogP contribution in [-0.4, -0.2) is 54.4 Å². The van der Waals surface area contributed by atoms with Crippen molar-refractivity contribution in [2.24, 2.45) is 11.5 Å². The van der Waals surface area contributed by atoms with Crippen LogP contribution in [0.15, 0.2) is 18.2 Å². The number of nitrogens with zero attached hydrogens (tertiary/aromatic N) is 1. The maximum atomic E-state index is 10.7. The second-order valence-corrected chi connectivity index (χ2v) is 5.39. The fourth-order valence-corrected chi connectivity index (χ4v) is 2.57. The third kappa shape index (κ3) is 5.38. The van der Waals surface area contributed by atoms with Crippen LogP contribution in [0.1, 0.15) is 21.5 Å². The first-order valence-corrected chi connectivity index (χ1v) is 7.20. The number of carboxylic acids is 1. The molecule has 0 radical (unpaired) electrons. The summed E-state index contributed by atoms with van der Waals surface area (Å²) in [6.45, 7) is 2.50. The van der Waals surface area contributed by atoms with Gasteiger partial charge in [0.1, 0.15) is 0 Å². The van der Waals surface area contributed by atoms with Crippen molar-refractivity contribution in [2.75, 3.05) is 26.3 Å². The summed E-state index contributed by atoms with van der Waals surface area (Å²) in [6, 6.07) is 5.05. The molecule has 3 rings (SSSR count). The highest BCUT2D eigenvalue weighted by atomic mass is 35.5. The van der Waals surface area contributed by atoms with Gasteiger partial charge in [0.25, 0.3) is 0 Å². The molecule has 0 spiro atoms. The van der Waals surface area contributed by atoms with Gasteiger partial charge in [0.15, 0.2) is 0 Å². The van der Waals surface area contributed by atoms with E-state index in [9.17, 15) is 9.59 Å². The van der Waals surface area contributed by atoms with E-state index in [4.69, 9.17) is 21.3 Å². The number of aromatic carboxylic acids is 1. The summed E-state index contributed by atoms with van der Waals surface area (Å²) in [5.74, 6) is -0.872. The summed E-state index contributed by atoms with van der Waals surface area (Å²) in [7, 11) is 0. The molecular weight excluding hydrogens is 322 g/mol. The minimum atomic E-state index is -0.872. The van der Waals surface area contributed by atoms with Crippen LogP contribution in [0.25, 0.3) is 0 Å². The van der Waals surface area contributed by atoms with Gasteiger partial charge in [-0.3, -0.25) is 0 Å². The Hall–Kier alpha value is -1.83. The van der Waals surface area contributed by atoms with Crippen LogP contribution >= 0.6 is 12.4 Å². The maximum absolute atomic E-state index is 10.7. The van der Waals surface area contributed by atoms with Gasteiger partial charge in [-0.2, -0.15) is 0 Å². The number of hydrogen-bond acceptors (Lipinski definition) is 4.